The number of aldehydes is 1. The van der Waals surface area contributed by atoms with Gasteiger partial charge in [0.2, 0.25) is 0 Å². The van der Waals surface area contributed by atoms with Crippen LogP contribution in [0.5, 0.6) is 0 Å². The van der Waals surface area contributed by atoms with Crippen LogP contribution in [0.2, 0.25) is 0 Å². The summed E-state index contributed by atoms with van der Waals surface area (Å²) in [5, 5.41) is 9.78. The van der Waals surface area contributed by atoms with Gasteiger partial charge in [-0.05, 0) is 29.9 Å². The van der Waals surface area contributed by atoms with Gasteiger partial charge in [-0.25, -0.2) is 0 Å². The number of aliphatic hydroxyl groups excluding tert-OH is 1. The molecule has 2 atom stereocenters. The molecule has 0 saturated heterocycles. The fraction of sp³-hybridized carbons (Fsp3) is 0.500. The number of fused-ring (bicyclic) bond motifs is 1. The van der Waals surface area contributed by atoms with E-state index in [0.29, 0.717) is 0 Å². The van der Waals surface area contributed by atoms with Crippen LogP contribution in [-0.4, -0.2) is 18.0 Å². The first-order chi connectivity index (χ1) is 6.27. The lowest BCUT2D eigenvalue weighted by atomic mass is 9.94. The Kier molecular flexibility index (Phi) is 2.26. The Labute approximate surface area is 81.9 Å². The monoisotopic (exact) mass is 198 g/mol. The highest BCUT2D eigenvalue weighted by atomic mass is 35.5. The van der Waals surface area contributed by atoms with E-state index in [2.05, 4.69) is 0 Å². The molecule has 70 valence electrons. The van der Waals surface area contributed by atoms with Gasteiger partial charge in [-0.3, -0.25) is 4.79 Å². The van der Waals surface area contributed by atoms with Crippen LogP contribution >= 0.6 is 11.6 Å². The van der Waals surface area contributed by atoms with Crippen molar-refractivity contribution in [2.75, 3.05) is 6.61 Å². The number of aliphatic hydroxyl groups is 1. The SMILES string of the molecule is O=CC1=CCC2C(Cl)=C(CO)CC12. The number of carbonyl (C=O) groups is 1. The fourth-order valence-corrected chi connectivity index (χ4v) is 2.63. The summed E-state index contributed by atoms with van der Waals surface area (Å²) in [6.07, 6.45) is 4.47. The molecule has 0 aromatic rings. The lowest BCUT2D eigenvalue weighted by Gasteiger charge is -2.10. The third kappa shape index (κ3) is 1.25. The Morgan fingerprint density at radius 2 is 2.38 bits per heavy atom. The predicted molar refractivity (Wildman–Crippen MR) is 50.3 cm³/mol. The summed E-state index contributed by atoms with van der Waals surface area (Å²) < 4.78 is 0. The number of hydrogen-bond donors (Lipinski definition) is 1. The molecule has 0 bridgehead atoms. The Hall–Kier alpha value is -0.600. The summed E-state index contributed by atoms with van der Waals surface area (Å²) in [4.78, 5) is 10.7. The van der Waals surface area contributed by atoms with E-state index in [-0.39, 0.29) is 18.4 Å². The van der Waals surface area contributed by atoms with Crippen molar-refractivity contribution in [3.8, 4) is 0 Å². The largest absolute Gasteiger partial charge is 0.392 e. The van der Waals surface area contributed by atoms with E-state index in [9.17, 15) is 4.79 Å². The van der Waals surface area contributed by atoms with E-state index >= 15 is 0 Å². The summed E-state index contributed by atoms with van der Waals surface area (Å²) in [6, 6.07) is 0. The molecule has 1 N–H and O–H groups in total. The predicted octanol–water partition coefficient (Wildman–Crippen LogP) is 1.64. The van der Waals surface area contributed by atoms with Crippen molar-refractivity contribution in [1.29, 1.82) is 0 Å². The highest BCUT2D eigenvalue weighted by molar-refractivity contribution is 6.30. The molecule has 0 saturated carbocycles. The van der Waals surface area contributed by atoms with Crippen LogP contribution in [0.1, 0.15) is 12.8 Å². The van der Waals surface area contributed by atoms with Gasteiger partial charge < -0.3 is 5.11 Å². The van der Waals surface area contributed by atoms with Crippen molar-refractivity contribution in [1.82, 2.24) is 0 Å². The average molecular weight is 199 g/mol. The number of halogens is 1. The van der Waals surface area contributed by atoms with Crippen LogP contribution in [0.15, 0.2) is 22.3 Å². The second-order valence-electron chi connectivity index (χ2n) is 3.58. The van der Waals surface area contributed by atoms with Gasteiger partial charge in [-0.1, -0.05) is 17.7 Å². The van der Waals surface area contributed by atoms with E-state index in [0.717, 1.165) is 35.3 Å². The minimum Gasteiger partial charge on any atom is -0.392 e. The van der Waals surface area contributed by atoms with Crippen molar-refractivity contribution in [2.24, 2.45) is 11.8 Å². The van der Waals surface area contributed by atoms with Crippen molar-refractivity contribution < 1.29 is 9.90 Å². The van der Waals surface area contributed by atoms with Crippen LogP contribution in [0, 0.1) is 11.8 Å². The number of rotatable bonds is 2. The molecule has 0 heterocycles. The summed E-state index contributed by atoms with van der Waals surface area (Å²) in [6.45, 7) is 0.0258. The molecule has 0 fully saturated rings. The molecule has 2 nitrogen and oxygen atoms in total. The first-order valence-electron chi connectivity index (χ1n) is 4.41. The average Bonchev–Trinajstić information content (AvgIpc) is 2.66. The Bertz CT molecular complexity index is 304. The van der Waals surface area contributed by atoms with Crippen LogP contribution in [-0.2, 0) is 4.79 Å². The molecule has 2 aliphatic carbocycles. The Morgan fingerprint density at radius 3 is 3.00 bits per heavy atom. The maximum atomic E-state index is 10.7. The van der Waals surface area contributed by atoms with Crippen LogP contribution < -0.4 is 0 Å². The lowest BCUT2D eigenvalue weighted by Crippen LogP contribution is -2.06. The lowest BCUT2D eigenvalue weighted by molar-refractivity contribution is -0.105. The normalized spacial score (nSPS) is 32.0. The molecule has 0 spiro atoms. The minimum absolute atomic E-state index is 0.0258. The van der Waals surface area contributed by atoms with E-state index in [1.165, 1.54) is 0 Å². The third-order valence-electron chi connectivity index (χ3n) is 2.98. The van der Waals surface area contributed by atoms with Gasteiger partial charge in [0, 0.05) is 11.0 Å². The molecule has 2 rings (SSSR count). The molecule has 0 amide bonds. The fourth-order valence-electron chi connectivity index (χ4n) is 2.25. The second-order valence-corrected chi connectivity index (χ2v) is 3.99. The molecule has 13 heavy (non-hydrogen) atoms. The number of hydrogen-bond acceptors (Lipinski definition) is 2. The van der Waals surface area contributed by atoms with Gasteiger partial charge in [0.25, 0.3) is 0 Å². The van der Waals surface area contributed by atoms with E-state index in [1.807, 2.05) is 6.08 Å². The summed E-state index contributed by atoms with van der Waals surface area (Å²) >= 11 is 6.07. The Morgan fingerprint density at radius 1 is 1.62 bits per heavy atom. The van der Waals surface area contributed by atoms with Gasteiger partial charge >= 0.3 is 0 Å². The summed E-state index contributed by atoms with van der Waals surface area (Å²) in [5.74, 6) is 0.510. The molecule has 0 aliphatic heterocycles. The van der Waals surface area contributed by atoms with Gasteiger partial charge in [-0.15, -0.1) is 0 Å². The Balaban J connectivity index is 2.22. The zero-order valence-corrected chi connectivity index (χ0v) is 7.92. The maximum Gasteiger partial charge on any atom is 0.146 e. The molecule has 0 aromatic carbocycles. The van der Waals surface area contributed by atoms with E-state index in [1.54, 1.807) is 0 Å². The second kappa shape index (κ2) is 3.28. The van der Waals surface area contributed by atoms with Crippen LogP contribution in [0.25, 0.3) is 0 Å². The number of carbonyl (C=O) groups excluding carboxylic acids is 1. The smallest absolute Gasteiger partial charge is 0.146 e. The van der Waals surface area contributed by atoms with Gasteiger partial charge in [0.15, 0.2) is 0 Å². The standard InChI is InChI=1S/C10H11ClO2/c11-10-7(5-13)3-9-6(4-12)1-2-8(9)10/h1,4,8-9,13H,2-3,5H2. The quantitative estimate of drug-likeness (QED) is 0.685. The zero-order chi connectivity index (χ0) is 9.42. The van der Waals surface area contributed by atoms with Gasteiger partial charge in [-0.2, -0.15) is 0 Å². The molecule has 0 aromatic heterocycles. The molecular formula is C10H11ClO2. The first-order valence-corrected chi connectivity index (χ1v) is 4.79. The van der Waals surface area contributed by atoms with Crippen LogP contribution in [0.4, 0.5) is 0 Å². The van der Waals surface area contributed by atoms with Gasteiger partial charge in [0.1, 0.15) is 6.29 Å². The van der Waals surface area contributed by atoms with Gasteiger partial charge in [0.05, 0.1) is 6.61 Å². The molecule has 3 heteroatoms. The molecular weight excluding hydrogens is 188 g/mol. The molecule has 2 aliphatic rings. The highest BCUT2D eigenvalue weighted by Gasteiger charge is 2.38. The van der Waals surface area contributed by atoms with Crippen molar-refractivity contribution >= 4 is 17.9 Å². The van der Waals surface area contributed by atoms with Crippen LogP contribution in [0.3, 0.4) is 0 Å². The summed E-state index contributed by atoms with van der Waals surface area (Å²) in [7, 11) is 0. The maximum absolute atomic E-state index is 10.7. The molecule has 2 unspecified atom stereocenters. The minimum atomic E-state index is 0.0258. The highest BCUT2D eigenvalue weighted by Crippen LogP contribution is 2.48. The van der Waals surface area contributed by atoms with E-state index in [4.69, 9.17) is 16.7 Å². The number of allylic oxidation sites excluding steroid dienone is 3. The zero-order valence-electron chi connectivity index (χ0n) is 7.16. The van der Waals surface area contributed by atoms with E-state index < -0.39 is 0 Å². The third-order valence-corrected chi connectivity index (χ3v) is 3.53. The van der Waals surface area contributed by atoms with Crippen molar-refractivity contribution in [3.63, 3.8) is 0 Å². The van der Waals surface area contributed by atoms with Crippen molar-refractivity contribution in [2.45, 2.75) is 12.8 Å². The van der Waals surface area contributed by atoms with Crippen molar-refractivity contribution in [3.05, 3.63) is 22.3 Å². The first kappa shape index (κ1) is 8.97. The molecule has 0 radical (unpaired) electrons. The topological polar surface area (TPSA) is 37.3 Å². The summed E-state index contributed by atoms with van der Waals surface area (Å²) in [5.41, 5.74) is 1.76.